The molecule has 2 fully saturated rings. The number of fused-ring (bicyclic) bond motifs is 2. The predicted octanol–water partition coefficient (Wildman–Crippen LogP) is 7.39. The average Bonchev–Trinajstić information content (AvgIpc) is 3.40. The first kappa shape index (κ1) is 25.0. The molecule has 0 heterocycles. The topological polar surface area (TPSA) is 37.3 Å². The summed E-state index contributed by atoms with van der Waals surface area (Å²) >= 11 is 2.17. The second-order valence-electron chi connectivity index (χ2n) is 9.53. The summed E-state index contributed by atoms with van der Waals surface area (Å²) in [5, 5.41) is 8.74. The van der Waals surface area contributed by atoms with E-state index in [0.29, 0.717) is 0 Å². The second kappa shape index (κ2) is 14.5. The lowest BCUT2D eigenvalue weighted by Gasteiger charge is -2.30. The van der Waals surface area contributed by atoms with Crippen LogP contribution in [0.1, 0.15) is 76.2 Å². The van der Waals surface area contributed by atoms with Crippen molar-refractivity contribution in [3.8, 4) is 11.8 Å². The number of hydrogen-bond acceptors (Lipinski definition) is 2. The van der Waals surface area contributed by atoms with E-state index in [4.69, 9.17) is 5.11 Å². The number of thioether (sulfide) groups is 1. The van der Waals surface area contributed by atoms with E-state index in [1.807, 2.05) is 0 Å². The smallest absolute Gasteiger partial charge is 0.303 e. The molecule has 32 heavy (non-hydrogen) atoms. The Bertz CT molecular complexity index is 760. The van der Waals surface area contributed by atoms with E-state index in [0.717, 1.165) is 55.8 Å². The lowest BCUT2D eigenvalue weighted by atomic mass is 9.78. The van der Waals surface area contributed by atoms with Gasteiger partial charge in [0.05, 0.1) is 0 Å². The molecule has 0 saturated heterocycles. The van der Waals surface area contributed by atoms with Gasteiger partial charge in [-0.3, -0.25) is 4.79 Å². The maximum Gasteiger partial charge on any atom is 0.303 e. The van der Waals surface area contributed by atoms with Crippen molar-refractivity contribution in [2.75, 3.05) is 11.5 Å². The summed E-state index contributed by atoms with van der Waals surface area (Å²) in [6.07, 6.45) is 17.7. The molecular weight excluding hydrogens is 412 g/mol. The molecule has 4 atom stereocenters. The van der Waals surface area contributed by atoms with Gasteiger partial charge in [0.25, 0.3) is 0 Å². The molecule has 0 spiro atoms. The number of unbranched alkanes of at least 4 members (excludes halogenated alkanes) is 3. The molecule has 1 aromatic rings. The number of carbonyl (C=O) groups is 1. The van der Waals surface area contributed by atoms with Gasteiger partial charge in [-0.25, -0.2) is 0 Å². The van der Waals surface area contributed by atoms with Crippen molar-refractivity contribution >= 4 is 17.7 Å². The van der Waals surface area contributed by atoms with E-state index < -0.39 is 5.97 Å². The van der Waals surface area contributed by atoms with E-state index in [1.165, 1.54) is 55.6 Å². The highest BCUT2D eigenvalue weighted by Gasteiger charge is 2.46. The molecule has 1 aromatic carbocycles. The number of hydrogen-bond donors (Lipinski definition) is 1. The third-order valence-electron chi connectivity index (χ3n) is 7.27. The fourth-order valence-electron chi connectivity index (χ4n) is 5.56. The van der Waals surface area contributed by atoms with Gasteiger partial charge in [-0.05, 0) is 98.5 Å². The van der Waals surface area contributed by atoms with E-state index in [9.17, 15) is 4.79 Å². The standard InChI is InChI=1S/C29H40O2S/c30-29(31)18-12-5-4-11-17-27-25-19-20-26(22-25)28(27)23-32-21-13-6-2-1-3-8-14-24-15-9-7-10-16-24/h4,7,9-11,15-16,25-28H,2,5-6,8,12-14,17-23H2,(H,30,31)/b11-4-/t25-,26+,27-,28+/m0/s1. The molecule has 0 unspecified atom stereocenters. The predicted molar refractivity (Wildman–Crippen MR) is 137 cm³/mol. The van der Waals surface area contributed by atoms with Crippen molar-refractivity contribution < 1.29 is 9.90 Å². The third kappa shape index (κ3) is 8.70. The summed E-state index contributed by atoms with van der Waals surface area (Å²) in [5.74, 6) is 12.3. The minimum Gasteiger partial charge on any atom is -0.481 e. The Kier molecular flexibility index (Phi) is 11.3. The number of carboxylic acid groups (broad SMARTS) is 1. The number of rotatable bonds is 14. The average molecular weight is 453 g/mol. The molecule has 0 aliphatic heterocycles. The van der Waals surface area contributed by atoms with E-state index >= 15 is 0 Å². The Hall–Kier alpha value is -1.66. The van der Waals surface area contributed by atoms with Crippen molar-refractivity contribution in [1.29, 1.82) is 0 Å². The minimum absolute atomic E-state index is 0.289. The van der Waals surface area contributed by atoms with E-state index in [2.05, 4.69) is 66.1 Å². The fraction of sp³-hybridized carbons (Fsp3) is 0.621. The lowest BCUT2D eigenvalue weighted by molar-refractivity contribution is -0.137. The highest BCUT2D eigenvalue weighted by atomic mass is 32.2. The summed E-state index contributed by atoms with van der Waals surface area (Å²) in [6.45, 7) is 0. The number of allylic oxidation sites excluding steroid dienone is 2. The zero-order chi connectivity index (χ0) is 22.4. The largest absolute Gasteiger partial charge is 0.481 e. The van der Waals surface area contributed by atoms with Crippen LogP contribution < -0.4 is 0 Å². The lowest BCUT2D eigenvalue weighted by Crippen LogP contribution is -2.24. The number of aliphatic carboxylic acids is 1. The van der Waals surface area contributed by atoms with Gasteiger partial charge in [-0.2, -0.15) is 11.8 Å². The van der Waals surface area contributed by atoms with E-state index in [-0.39, 0.29) is 6.42 Å². The van der Waals surface area contributed by atoms with Crippen molar-refractivity contribution in [2.45, 2.75) is 77.0 Å². The SMILES string of the molecule is O=C(O)CCC/C=C\C[C@H]1[C@H]2CC[C@H](C2)[C@H]1CSCCCCC#CCCc1ccccc1. The summed E-state index contributed by atoms with van der Waals surface area (Å²) in [5.41, 5.74) is 1.38. The molecule has 2 bridgehead atoms. The van der Waals surface area contributed by atoms with Crippen LogP contribution in [0, 0.1) is 35.5 Å². The number of carboxylic acids is 1. The van der Waals surface area contributed by atoms with Gasteiger partial charge in [0.2, 0.25) is 0 Å². The highest BCUT2D eigenvalue weighted by molar-refractivity contribution is 7.99. The molecule has 0 radical (unpaired) electrons. The first-order valence-electron chi connectivity index (χ1n) is 12.7. The maximum absolute atomic E-state index is 10.6. The molecule has 3 rings (SSSR count). The molecule has 0 aromatic heterocycles. The molecule has 174 valence electrons. The maximum atomic E-state index is 10.6. The Morgan fingerprint density at radius 3 is 2.59 bits per heavy atom. The minimum atomic E-state index is -0.682. The summed E-state index contributed by atoms with van der Waals surface area (Å²) < 4.78 is 0. The summed E-state index contributed by atoms with van der Waals surface area (Å²) in [6, 6.07) is 10.6. The zero-order valence-corrected chi connectivity index (χ0v) is 20.3. The van der Waals surface area contributed by atoms with Gasteiger partial charge in [0.15, 0.2) is 0 Å². The summed E-state index contributed by atoms with van der Waals surface area (Å²) in [4.78, 5) is 10.6. The van der Waals surface area contributed by atoms with Crippen molar-refractivity contribution in [2.24, 2.45) is 23.7 Å². The Morgan fingerprint density at radius 1 is 1.00 bits per heavy atom. The Morgan fingerprint density at radius 2 is 1.78 bits per heavy atom. The molecular formula is C29H40O2S. The van der Waals surface area contributed by atoms with Crippen LogP contribution in [0.25, 0.3) is 0 Å². The van der Waals surface area contributed by atoms with Gasteiger partial charge >= 0.3 is 5.97 Å². The van der Waals surface area contributed by atoms with Crippen LogP contribution >= 0.6 is 11.8 Å². The first-order valence-corrected chi connectivity index (χ1v) is 13.8. The van der Waals surface area contributed by atoms with Crippen LogP contribution in [0.5, 0.6) is 0 Å². The van der Waals surface area contributed by atoms with Crippen molar-refractivity contribution in [1.82, 2.24) is 0 Å². The van der Waals surface area contributed by atoms with Gasteiger partial charge in [0.1, 0.15) is 0 Å². The number of aryl methyl sites for hydroxylation is 1. The molecule has 2 nitrogen and oxygen atoms in total. The molecule has 2 aliphatic carbocycles. The zero-order valence-electron chi connectivity index (χ0n) is 19.5. The molecule has 0 amide bonds. The third-order valence-corrected chi connectivity index (χ3v) is 8.47. The van der Waals surface area contributed by atoms with Gasteiger partial charge in [0, 0.05) is 19.3 Å². The normalized spacial score (nSPS) is 24.0. The monoisotopic (exact) mass is 452 g/mol. The molecule has 2 aliphatic rings. The van der Waals surface area contributed by atoms with Crippen molar-refractivity contribution in [3.63, 3.8) is 0 Å². The van der Waals surface area contributed by atoms with Crippen LogP contribution in [-0.4, -0.2) is 22.6 Å². The van der Waals surface area contributed by atoms with Crippen LogP contribution in [-0.2, 0) is 11.2 Å². The van der Waals surface area contributed by atoms with Crippen molar-refractivity contribution in [3.05, 3.63) is 48.0 Å². The van der Waals surface area contributed by atoms with Gasteiger partial charge < -0.3 is 5.11 Å². The molecule has 1 N–H and O–H groups in total. The number of benzene rings is 1. The quantitative estimate of drug-likeness (QED) is 0.182. The highest BCUT2D eigenvalue weighted by Crippen LogP contribution is 2.54. The molecule has 3 heteroatoms. The summed E-state index contributed by atoms with van der Waals surface area (Å²) in [7, 11) is 0. The van der Waals surface area contributed by atoms with Gasteiger partial charge in [-0.1, -0.05) is 42.5 Å². The first-order chi connectivity index (χ1) is 15.7. The van der Waals surface area contributed by atoms with Crippen LogP contribution in [0.3, 0.4) is 0 Å². The fourth-order valence-corrected chi connectivity index (χ4v) is 6.93. The van der Waals surface area contributed by atoms with Gasteiger partial charge in [-0.15, -0.1) is 11.8 Å². The van der Waals surface area contributed by atoms with Crippen LogP contribution in [0.4, 0.5) is 0 Å². The Labute approximate surface area is 199 Å². The second-order valence-corrected chi connectivity index (χ2v) is 10.7. The Balaban J connectivity index is 1.24. The molecule has 2 saturated carbocycles. The van der Waals surface area contributed by atoms with E-state index in [1.54, 1.807) is 0 Å². The van der Waals surface area contributed by atoms with Crippen LogP contribution in [0.15, 0.2) is 42.5 Å². The van der Waals surface area contributed by atoms with Crippen LogP contribution in [0.2, 0.25) is 0 Å².